The van der Waals surface area contributed by atoms with Crippen molar-refractivity contribution in [2.45, 2.75) is 72.1 Å². The van der Waals surface area contributed by atoms with Gasteiger partial charge in [-0.05, 0) is 51.3 Å². The number of Topliss-reactive ketones (excluding diaryl/α,β-unsaturated/α-hetero) is 1. The summed E-state index contributed by atoms with van der Waals surface area (Å²) >= 11 is 0. The van der Waals surface area contributed by atoms with Gasteiger partial charge in [0.25, 0.3) is 0 Å². The van der Waals surface area contributed by atoms with Crippen LogP contribution in [0.3, 0.4) is 0 Å². The van der Waals surface area contributed by atoms with Gasteiger partial charge in [0.15, 0.2) is 5.78 Å². The number of hydrogen-bond donors (Lipinski definition) is 2. The van der Waals surface area contributed by atoms with Crippen LogP contribution in [0.25, 0.3) is 0 Å². The summed E-state index contributed by atoms with van der Waals surface area (Å²) < 4.78 is 5.31. The van der Waals surface area contributed by atoms with Crippen LogP contribution in [0.5, 0.6) is 5.75 Å². The van der Waals surface area contributed by atoms with Crippen molar-refractivity contribution in [2.24, 2.45) is 5.73 Å². The van der Waals surface area contributed by atoms with E-state index in [0.717, 1.165) is 25.7 Å². The molecule has 0 aliphatic rings. The highest BCUT2D eigenvalue weighted by Gasteiger charge is 2.21. The van der Waals surface area contributed by atoms with Gasteiger partial charge < -0.3 is 15.3 Å². The van der Waals surface area contributed by atoms with Gasteiger partial charge in [-0.3, -0.25) is 4.79 Å². The van der Waals surface area contributed by atoms with E-state index in [-0.39, 0.29) is 17.2 Å². The largest absolute Gasteiger partial charge is 0.507 e. The second-order valence-corrected chi connectivity index (χ2v) is 7.25. The van der Waals surface area contributed by atoms with Gasteiger partial charge in [0.1, 0.15) is 17.1 Å². The van der Waals surface area contributed by atoms with Crippen LogP contribution < -0.4 is 11.4 Å². The Kier molecular flexibility index (Phi) is 10.1. The van der Waals surface area contributed by atoms with E-state index in [0.29, 0.717) is 17.8 Å². The Morgan fingerprint density at radius 2 is 2.00 bits per heavy atom. The Morgan fingerprint density at radius 1 is 1.29 bits per heavy atom. The Balaban J connectivity index is 2.97. The number of aromatic hydroxyl groups is 1. The van der Waals surface area contributed by atoms with Crippen molar-refractivity contribution in [3.8, 4) is 5.75 Å². The van der Waals surface area contributed by atoms with Gasteiger partial charge in [0.2, 0.25) is 0 Å². The highest BCUT2D eigenvalue weighted by Crippen LogP contribution is 2.26. The molecule has 1 unspecified atom stereocenters. The van der Waals surface area contributed by atoms with Crippen LogP contribution in [0.4, 0.5) is 0 Å². The first-order valence-corrected chi connectivity index (χ1v) is 9.94. The fourth-order valence-electron chi connectivity index (χ4n) is 2.81. The Bertz CT molecular complexity index is 799. The molecule has 0 radical (unpaired) electrons. The van der Waals surface area contributed by atoms with Crippen molar-refractivity contribution in [1.29, 1.82) is 0 Å². The zero-order valence-corrected chi connectivity index (χ0v) is 17.5. The third-order valence-corrected chi connectivity index (χ3v) is 4.72. The monoisotopic (exact) mass is 387 g/mol. The molecule has 0 aromatic carbocycles. The zero-order chi connectivity index (χ0) is 21.1. The third kappa shape index (κ3) is 7.22. The molecule has 0 saturated carbocycles. The van der Waals surface area contributed by atoms with Gasteiger partial charge in [-0.2, -0.15) is 0 Å². The van der Waals surface area contributed by atoms with Gasteiger partial charge in [-0.25, -0.2) is 4.79 Å². The number of rotatable bonds is 11. The van der Waals surface area contributed by atoms with Crippen LogP contribution in [0, 0.1) is 0 Å². The molecule has 1 aromatic heterocycles. The van der Waals surface area contributed by atoms with Crippen molar-refractivity contribution in [1.82, 2.24) is 0 Å². The van der Waals surface area contributed by atoms with E-state index < -0.39 is 11.4 Å². The summed E-state index contributed by atoms with van der Waals surface area (Å²) in [4.78, 5) is 24.9. The minimum absolute atomic E-state index is 0.0794. The highest BCUT2D eigenvalue weighted by atomic mass is 16.4. The molecule has 1 aromatic rings. The highest BCUT2D eigenvalue weighted by molar-refractivity contribution is 6.09. The van der Waals surface area contributed by atoms with E-state index in [4.69, 9.17) is 10.2 Å². The average molecular weight is 388 g/mol. The van der Waals surface area contributed by atoms with E-state index in [2.05, 4.69) is 6.92 Å². The first-order valence-electron chi connectivity index (χ1n) is 9.94. The minimum atomic E-state index is -0.808. The third-order valence-electron chi connectivity index (χ3n) is 4.72. The summed E-state index contributed by atoms with van der Waals surface area (Å²) in [5, 5.41) is 10.3. The molecule has 0 aliphatic heterocycles. The molecule has 28 heavy (non-hydrogen) atoms. The molecule has 5 nitrogen and oxygen atoms in total. The predicted molar refractivity (Wildman–Crippen MR) is 114 cm³/mol. The maximum Gasteiger partial charge on any atom is 0.351 e. The van der Waals surface area contributed by atoms with E-state index in [9.17, 15) is 14.7 Å². The number of unbranched alkanes of at least 4 members (excludes halogenated alkanes) is 2. The fraction of sp³-hybridized carbons (Fsp3) is 0.478. The van der Waals surface area contributed by atoms with E-state index in [1.807, 2.05) is 26.0 Å². The van der Waals surface area contributed by atoms with Gasteiger partial charge >= 0.3 is 5.63 Å². The predicted octanol–water partition coefficient (Wildman–Crippen LogP) is 5.36. The van der Waals surface area contributed by atoms with Crippen molar-refractivity contribution < 1.29 is 14.3 Å². The SMILES string of the molecule is CCCCC/C(C)=C\C=C(/C)C(=O)c1c(O)cc(C(C)CC/C=C/N)oc1=O. The number of carbonyl (C=O) groups excluding carboxylic acids is 1. The number of allylic oxidation sites excluding steroid dienone is 5. The second kappa shape index (κ2) is 12.0. The van der Waals surface area contributed by atoms with E-state index in [1.54, 1.807) is 13.0 Å². The lowest BCUT2D eigenvalue weighted by molar-refractivity contribution is 0.102. The second-order valence-electron chi connectivity index (χ2n) is 7.25. The molecule has 1 rings (SSSR count). The van der Waals surface area contributed by atoms with Gasteiger partial charge in [-0.1, -0.05) is 50.5 Å². The molecule has 1 atom stereocenters. The molecule has 0 fully saturated rings. The smallest absolute Gasteiger partial charge is 0.351 e. The van der Waals surface area contributed by atoms with Crippen molar-refractivity contribution in [2.75, 3.05) is 0 Å². The quantitative estimate of drug-likeness (QED) is 0.231. The van der Waals surface area contributed by atoms with Crippen molar-refractivity contribution in [3.05, 3.63) is 63.4 Å². The molecule has 0 bridgehead atoms. The van der Waals surface area contributed by atoms with Crippen LogP contribution in [0.15, 0.2) is 50.9 Å². The molecular formula is C23H33NO4. The van der Waals surface area contributed by atoms with E-state index in [1.165, 1.54) is 24.3 Å². The Labute approximate surface area is 167 Å². The maximum atomic E-state index is 12.6. The summed E-state index contributed by atoms with van der Waals surface area (Å²) in [6.45, 7) is 7.70. The van der Waals surface area contributed by atoms with Gasteiger partial charge in [0.05, 0.1) is 0 Å². The standard InChI is InChI=1S/C23H33NO4/c1-5-6-7-10-16(2)12-13-18(4)22(26)21-19(25)15-20(28-23(21)27)17(3)11-8-9-14-24/h9,12-15,17,25H,5-8,10-11,24H2,1-4H3/b14-9+,16-12-,18-13+. The summed E-state index contributed by atoms with van der Waals surface area (Å²) in [6.07, 6.45) is 12.7. The van der Waals surface area contributed by atoms with Crippen LogP contribution in [0.2, 0.25) is 0 Å². The molecule has 0 amide bonds. The molecule has 5 heteroatoms. The molecule has 3 N–H and O–H groups in total. The van der Waals surface area contributed by atoms with Gasteiger partial charge in [-0.15, -0.1) is 0 Å². The molecule has 0 spiro atoms. The number of ketones is 1. The summed E-state index contributed by atoms with van der Waals surface area (Å²) in [7, 11) is 0. The first-order chi connectivity index (χ1) is 13.3. The number of hydrogen-bond acceptors (Lipinski definition) is 5. The molecule has 1 heterocycles. The molecular weight excluding hydrogens is 354 g/mol. The van der Waals surface area contributed by atoms with Crippen molar-refractivity contribution >= 4 is 5.78 Å². The minimum Gasteiger partial charge on any atom is -0.507 e. The summed E-state index contributed by atoms with van der Waals surface area (Å²) in [5.74, 6) is -0.579. The lowest BCUT2D eigenvalue weighted by Gasteiger charge is -2.10. The number of carbonyl (C=O) groups is 1. The van der Waals surface area contributed by atoms with Crippen LogP contribution in [-0.4, -0.2) is 10.9 Å². The summed E-state index contributed by atoms with van der Waals surface area (Å²) in [5.41, 5.74) is 5.75. The lowest BCUT2D eigenvalue weighted by Crippen LogP contribution is -2.16. The van der Waals surface area contributed by atoms with E-state index >= 15 is 0 Å². The zero-order valence-electron chi connectivity index (χ0n) is 17.5. The molecule has 0 aliphatic carbocycles. The summed E-state index contributed by atoms with van der Waals surface area (Å²) in [6, 6.07) is 1.37. The molecule has 154 valence electrons. The van der Waals surface area contributed by atoms with Crippen LogP contribution in [-0.2, 0) is 0 Å². The Morgan fingerprint density at radius 3 is 2.61 bits per heavy atom. The average Bonchev–Trinajstić information content (AvgIpc) is 2.65. The van der Waals surface area contributed by atoms with Gasteiger partial charge in [0, 0.05) is 12.0 Å². The first kappa shape index (κ1) is 23.5. The molecule has 0 saturated heterocycles. The van der Waals surface area contributed by atoms with Crippen molar-refractivity contribution in [3.63, 3.8) is 0 Å². The maximum absolute atomic E-state index is 12.6. The van der Waals surface area contributed by atoms with Crippen LogP contribution >= 0.6 is 0 Å². The topological polar surface area (TPSA) is 93.5 Å². The Hall–Kier alpha value is -2.56. The fourth-order valence-corrected chi connectivity index (χ4v) is 2.81. The lowest BCUT2D eigenvalue weighted by atomic mass is 9.99. The number of nitrogens with two attached hydrogens (primary N) is 1. The normalized spacial score (nSPS) is 13.9. The van der Waals surface area contributed by atoms with Crippen LogP contribution in [0.1, 0.15) is 88.3 Å².